The molecule has 0 spiro atoms. The Morgan fingerprint density at radius 3 is 2.18 bits per heavy atom. The van der Waals surface area contributed by atoms with Gasteiger partial charge in [-0.25, -0.2) is 4.79 Å². The Balaban J connectivity index is 1.17. The molecule has 180 valence electrons. The summed E-state index contributed by atoms with van der Waals surface area (Å²) in [6, 6.07) is 16.7. The van der Waals surface area contributed by atoms with Crippen LogP contribution in [0.4, 0.5) is 16.2 Å². The summed E-state index contributed by atoms with van der Waals surface area (Å²) in [5.74, 6) is -0.182. The summed E-state index contributed by atoms with van der Waals surface area (Å²) in [7, 11) is 0. The topological polar surface area (TPSA) is 93.8 Å². The summed E-state index contributed by atoms with van der Waals surface area (Å²) >= 11 is 0. The Hall–Kier alpha value is -3.55. The molecule has 2 aromatic rings. The van der Waals surface area contributed by atoms with E-state index in [9.17, 15) is 14.4 Å². The number of nitrogens with zero attached hydrogens (tertiary/aromatic N) is 2. The van der Waals surface area contributed by atoms with Gasteiger partial charge >= 0.3 is 6.03 Å². The third-order valence-corrected chi connectivity index (χ3v) is 6.50. The van der Waals surface area contributed by atoms with Gasteiger partial charge in [0.15, 0.2) is 0 Å². The number of hydrogen-bond donors (Lipinski definition) is 3. The molecule has 0 unspecified atom stereocenters. The molecule has 1 aliphatic carbocycles. The van der Waals surface area contributed by atoms with Crippen molar-refractivity contribution in [1.82, 2.24) is 15.5 Å². The number of nitrogens with one attached hydrogen (secondary N) is 3. The second kappa shape index (κ2) is 11.5. The maximum atomic E-state index is 12.5. The Morgan fingerprint density at radius 1 is 0.824 bits per heavy atom. The summed E-state index contributed by atoms with van der Waals surface area (Å²) in [5, 5.41) is 8.43. The van der Waals surface area contributed by atoms with E-state index < -0.39 is 6.03 Å². The third-order valence-electron chi connectivity index (χ3n) is 6.50. The smallest absolute Gasteiger partial charge is 0.319 e. The largest absolute Gasteiger partial charge is 0.368 e. The van der Waals surface area contributed by atoms with Gasteiger partial charge in [-0.3, -0.25) is 9.59 Å². The zero-order valence-electron chi connectivity index (χ0n) is 19.5. The number of rotatable bonds is 6. The van der Waals surface area contributed by atoms with Gasteiger partial charge in [0.05, 0.1) is 6.54 Å². The number of benzene rings is 2. The fraction of sp³-hybridized carbons (Fsp3) is 0.423. The van der Waals surface area contributed by atoms with E-state index in [1.54, 1.807) is 29.2 Å². The lowest BCUT2D eigenvalue weighted by Gasteiger charge is -2.36. The zero-order chi connectivity index (χ0) is 23.8. The number of amides is 4. The van der Waals surface area contributed by atoms with E-state index in [0.29, 0.717) is 24.3 Å². The summed E-state index contributed by atoms with van der Waals surface area (Å²) in [6.45, 7) is 2.73. The molecule has 8 nitrogen and oxygen atoms in total. The number of carbonyl (C=O) groups excluding carboxylic acids is 3. The predicted octanol–water partition coefficient (Wildman–Crippen LogP) is 3.22. The van der Waals surface area contributed by atoms with Gasteiger partial charge in [-0.15, -0.1) is 0 Å². The molecule has 0 bridgehead atoms. The van der Waals surface area contributed by atoms with Gasteiger partial charge in [0.1, 0.15) is 0 Å². The van der Waals surface area contributed by atoms with Gasteiger partial charge < -0.3 is 25.8 Å². The van der Waals surface area contributed by atoms with Crippen LogP contribution in [0.2, 0.25) is 0 Å². The molecule has 4 amide bonds. The van der Waals surface area contributed by atoms with Crippen LogP contribution in [0.15, 0.2) is 54.6 Å². The fourth-order valence-electron chi connectivity index (χ4n) is 4.52. The first-order valence-corrected chi connectivity index (χ1v) is 12.1. The van der Waals surface area contributed by atoms with Crippen molar-refractivity contribution in [3.63, 3.8) is 0 Å². The summed E-state index contributed by atoms with van der Waals surface area (Å²) in [5.41, 5.74) is 2.29. The molecule has 0 radical (unpaired) electrons. The van der Waals surface area contributed by atoms with Gasteiger partial charge in [-0.1, -0.05) is 37.5 Å². The maximum Gasteiger partial charge on any atom is 0.319 e. The first-order chi connectivity index (χ1) is 16.6. The normalized spacial score (nSPS) is 16.6. The van der Waals surface area contributed by atoms with Crippen molar-refractivity contribution < 1.29 is 14.4 Å². The van der Waals surface area contributed by atoms with Crippen LogP contribution in [0, 0.1) is 0 Å². The molecular weight excluding hydrogens is 430 g/mol. The molecule has 1 aliphatic heterocycles. The maximum absolute atomic E-state index is 12.5. The molecule has 1 heterocycles. The highest BCUT2D eigenvalue weighted by Gasteiger charge is 2.21. The van der Waals surface area contributed by atoms with E-state index in [-0.39, 0.29) is 24.4 Å². The highest BCUT2D eigenvalue weighted by atomic mass is 16.2. The van der Waals surface area contributed by atoms with Crippen LogP contribution in [0.1, 0.15) is 42.5 Å². The lowest BCUT2D eigenvalue weighted by atomic mass is 9.95. The number of urea groups is 1. The highest BCUT2D eigenvalue weighted by Crippen LogP contribution is 2.18. The Bertz CT molecular complexity index is 966. The molecular formula is C26H33N5O3. The minimum Gasteiger partial charge on any atom is -0.368 e. The van der Waals surface area contributed by atoms with Crippen LogP contribution >= 0.6 is 0 Å². The van der Waals surface area contributed by atoms with Gasteiger partial charge in [0.25, 0.3) is 5.91 Å². The average Bonchev–Trinajstić information content (AvgIpc) is 2.89. The van der Waals surface area contributed by atoms with Crippen molar-refractivity contribution in [3.8, 4) is 0 Å². The molecule has 1 saturated heterocycles. The molecule has 8 heteroatoms. The number of anilines is 2. The average molecular weight is 464 g/mol. The lowest BCUT2D eigenvalue weighted by molar-refractivity contribution is -0.130. The molecule has 2 fully saturated rings. The molecule has 0 aromatic heterocycles. The zero-order valence-corrected chi connectivity index (χ0v) is 19.5. The van der Waals surface area contributed by atoms with Gasteiger partial charge in [-0.05, 0) is 49.2 Å². The number of carbonyl (C=O) groups is 3. The Labute approximate surface area is 200 Å². The number of para-hydroxylation sites is 1. The quantitative estimate of drug-likeness (QED) is 0.613. The van der Waals surface area contributed by atoms with Crippen LogP contribution in [0.5, 0.6) is 0 Å². The van der Waals surface area contributed by atoms with E-state index in [4.69, 9.17) is 0 Å². The van der Waals surface area contributed by atoms with Crippen molar-refractivity contribution in [2.24, 2.45) is 0 Å². The fourth-order valence-corrected chi connectivity index (χ4v) is 4.52. The minimum atomic E-state index is -0.448. The van der Waals surface area contributed by atoms with Crippen LogP contribution in [0.25, 0.3) is 0 Å². The van der Waals surface area contributed by atoms with Crippen LogP contribution in [0.3, 0.4) is 0 Å². The first kappa shape index (κ1) is 23.6. The first-order valence-electron chi connectivity index (χ1n) is 12.1. The summed E-state index contributed by atoms with van der Waals surface area (Å²) in [6.07, 6.45) is 5.63. The molecule has 2 aliphatic rings. The second-order valence-electron chi connectivity index (χ2n) is 8.90. The minimum absolute atomic E-state index is 0.0565. The molecule has 4 rings (SSSR count). The Morgan fingerprint density at radius 2 is 1.50 bits per heavy atom. The summed E-state index contributed by atoms with van der Waals surface area (Å²) < 4.78 is 0. The Kier molecular flexibility index (Phi) is 8.01. The van der Waals surface area contributed by atoms with Crippen LogP contribution in [-0.2, 0) is 4.79 Å². The third kappa shape index (κ3) is 6.50. The van der Waals surface area contributed by atoms with Gasteiger partial charge in [0, 0.05) is 49.2 Å². The highest BCUT2D eigenvalue weighted by molar-refractivity contribution is 5.96. The van der Waals surface area contributed by atoms with E-state index in [0.717, 1.165) is 44.5 Å². The van der Waals surface area contributed by atoms with E-state index in [2.05, 4.69) is 33.0 Å². The summed E-state index contributed by atoms with van der Waals surface area (Å²) in [4.78, 5) is 41.2. The number of piperazine rings is 1. The van der Waals surface area contributed by atoms with Crippen molar-refractivity contribution in [1.29, 1.82) is 0 Å². The predicted molar refractivity (Wildman–Crippen MR) is 133 cm³/mol. The van der Waals surface area contributed by atoms with Crippen molar-refractivity contribution in [2.75, 3.05) is 42.9 Å². The molecule has 3 N–H and O–H groups in total. The standard InChI is InChI=1S/C26H33N5O3/c32-24(31-17-15-30(16-18-31)23-9-5-2-6-10-23)19-27-26(34)29-22-13-11-20(12-14-22)25(33)28-21-7-3-1-4-8-21/h2,5-6,9-14,21H,1,3-4,7-8,15-19H2,(H,28,33)(H2,27,29,34). The molecule has 2 aromatic carbocycles. The number of hydrogen-bond acceptors (Lipinski definition) is 4. The second-order valence-corrected chi connectivity index (χ2v) is 8.90. The molecule has 34 heavy (non-hydrogen) atoms. The monoisotopic (exact) mass is 463 g/mol. The van der Waals surface area contributed by atoms with Crippen molar-refractivity contribution in [3.05, 3.63) is 60.2 Å². The van der Waals surface area contributed by atoms with Crippen molar-refractivity contribution in [2.45, 2.75) is 38.1 Å². The lowest BCUT2D eigenvalue weighted by Crippen LogP contribution is -2.51. The van der Waals surface area contributed by atoms with Crippen molar-refractivity contribution >= 4 is 29.2 Å². The van der Waals surface area contributed by atoms with Gasteiger partial charge in [-0.2, -0.15) is 0 Å². The van der Waals surface area contributed by atoms with E-state index in [1.165, 1.54) is 6.42 Å². The van der Waals surface area contributed by atoms with E-state index in [1.807, 2.05) is 18.2 Å². The SMILES string of the molecule is O=C(NCC(=O)N1CCN(c2ccccc2)CC1)Nc1ccc(C(=O)NC2CCCCC2)cc1. The molecule has 1 saturated carbocycles. The molecule has 0 atom stereocenters. The van der Waals surface area contributed by atoms with Crippen LogP contribution < -0.4 is 20.9 Å². The van der Waals surface area contributed by atoms with Gasteiger partial charge in [0.2, 0.25) is 5.91 Å². The van der Waals surface area contributed by atoms with Crippen LogP contribution in [-0.4, -0.2) is 61.5 Å². The van der Waals surface area contributed by atoms with E-state index >= 15 is 0 Å².